The second kappa shape index (κ2) is 3.96. The van der Waals surface area contributed by atoms with Gasteiger partial charge in [0.05, 0.1) is 5.69 Å². The van der Waals surface area contributed by atoms with Crippen LogP contribution in [0.15, 0.2) is 24.5 Å². The van der Waals surface area contributed by atoms with Gasteiger partial charge in [-0.25, -0.2) is 4.98 Å². The number of fused-ring (bicyclic) bond motifs is 1. The molecule has 0 aliphatic carbocycles. The number of hydrogen-bond acceptors (Lipinski definition) is 3. The summed E-state index contributed by atoms with van der Waals surface area (Å²) in [4.78, 5) is 8.72. The van der Waals surface area contributed by atoms with Crippen LogP contribution in [0.25, 0.3) is 11.3 Å². The van der Waals surface area contributed by atoms with Gasteiger partial charge in [-0.1, -0.05) is 0 Å². The molecule has 0 fully saturated rings. The van der Waals surface area contributed by atoms with Crippen molar-refractivity contribution in [2.75, 3.05) is 0 Å². The van der Waals surface area contributed by atoms with Gasteiger partial charge in [0.2, 0.25) is 0 Å². The van der Waals surface area contributed by atoms with E-state index in [1.54, 1.807) is 12.4 Å². The standard InChI is InChI=1S/C13H16N4/c1-9-16-13(10-2-5-15-6-3-10)12-8-11(14)4-7-17(9)12/h2-3,5-6,11H,4,7-8,14H2,1H3. The molecule has 0 saturated heterocycles. The molecular formula is C13H16N4. The van der Waals surface area contributed by atoms with E-state index in [-0.39, 0.29) is 6.04 Å². The van der Waals surface area contributed by atoms with Crippen LogP contribution in [0.3, 0.4) is 0 Å². The van der Waals surface area contributed by atoms with Crippen molar-refractivity contribution < 1.29 is 0 Å². The minimum atomic E-state index is 0.263. The first-order valence-corrected chi connectivity index (χ1v) is 5.97. The van der Waals surface area contributed by atoms with Crippen molar-refractivity contribution in [3.63, 3.8) is 0 Å². The van der Waals surface area contributed by atoms with Crippen LogP contribution in [0, 0.1) is 6.92 Å². The summed E-state index contributed by atoms with van der Waals surface area (Å²) < 4.78 is 2.29. The summed E-state index contributed by atoms with van der Waals surface area (Å²) in [6.07, 6.45) is 5.57. The van der Waals surface area contributed by atoms with Gasteiger partial charge >= 0.3 is 0 Å². The fourth-order valence-electron chi connectivity index (χ4n) is 2.50. The first-order chi connectivity index (χ1) is 8.25. The molecule has 3 heterocycles. The highest BCUT2D eigenvalue weighted by atomic mass is 15.1. The molecule has 1 unspecified atom stereocenters. The molecule has 2 N–H and O–H groups in total. The van der Waals surface area contributed by atoms with Crippen LogP contribution in [0.4, 0.5) is 0 Å². The minimum Gasteiger partial charge on any atom is -0.332 e. The monoisotopic (exact) mass is 228 g/mol. The summed E-state index contributed by atoms with van der Waals surface area (Å²) in [5.41, 5.74) is 9.52. The number of hydrogen-bond donors (Lipinski definition) is 1. The molecule has 2 aromatic rings. The summed E-state index contributed by atoms with van der Waals surface area (Å²) in [6.45, 7) is 3.05. The first kappa shape index (κ1) is 10.5. The smallest absolute Gasteiger partial charge is 0.106 e. The van der Waals surface area contributed by atoms with Crippen LogP contribution < -0.4 is 5.73 Å². The van der Waals surface area contributed by atoms with Gasteiger partial charge in [0.25, 0.3) is 0 Å². The van der Waals surface area contributed by atoms with Crippen molar-refractivity contribution in [1.82, 2.24) is 14.5 Å². The van der Waals surface area contributed by atoms with E-state index in [9.17, 15) is 0 Å². The zero-order valence-electron chi connectivity index (χ0n) is 9.93. The van der Waals surface area contributed by atoms with Gasteiger partial charge in [-0.2, -0.15) is 0 Å². The number of rotatable bonds is 1. The summed E-state index contributed by atoms with van der Waals surface area (Å²) in [6, 6.07) is 4.27. The van der Waals surface area contributed by atoms with Gasteiger partial charge in [0.15, 0.2) is 0 Å². The van der Waals surface area contributed by atoms with Crippen LogP contribution in [-0.4, -0.2) is 20.6 Å². The van der Waals surface area contributed by atoms with Crippen molar-refractivity contribution >= 4 is 0 Å². The Morgan fingerprint density at radius 3 is 2.88 bits per heavy atom. The number of nitrogens with zero attached hydrogens (tertiary/aromatic N) is 3. The largest absolute Gasteiger partial charge is 0.332 e. The van der Waals surface area contributed by atoms with Crippen molar-refractivity contribution in [3.8, 4) is 11.3 Å². The molecule has 4 heteroatoms. The highest BCUT2D eigenvalue weighted by Crippen LogP contribution is 2.27. The first-order valence-electron chi connectivity index (χ1n) is 5.97. The lowest BCUT2D eigenvalue weighted by molar-refractivity contribution is 0.466. The van der Waals surface area contributed by atoms with E-state index in [4.69, 9.17) is 5.73 Å². The maximum atomic E-state index is 6.05. The molecule has 1 atom stereocenters. The highest BCUT2D eigenvalue weighted by molar-refractivity contribution is 5.62. The van der Waals surface area contributed by atoms with E-state index in [0.717, 1.165) is 36.5 Å². The normalized spacial score (nSPS) is 19.1. The van der Waals surface area contributed by atoms with Gasteiger partial charge < -0.3 is 10.3 Å². The molecular weight excluding hydrogens is 212 g/mol. The molecule has 0 spiro atoms. The molecule has 1 aliphatic rings. The number of aryl methyl sites for hydroxylation is 1. The number of imidazole rings is 1. The molecule has 0 amide bonds. The summed E-state index contributed by atoms with van der Waals surface area (Å²) in [5, 5.41) is 0. The molecule has 0 aromatic carbocycles. The summed E-state index contributed by atoms with van der Waals surface area (Å²) >= 11 is 0. The third-order valence-electron chi connectivity index (χ3n) is 3.40. The van der Waals surface area contributed by atoms with Crippen LogP contribution in [0.1, 0.15) is 17.9 Å². The SMILES string of the molecule is Cc1nc(-c2ccncc2)c2n1CCC(N)C2. The fraction of sp³-hybridized carbons (Fsp3) is 0.385. The number of aromatic nitrogens is 3. The minimum absolute atomic E-state index is 0.263. The lowest BCUT2D eigenvalue weighted by Gasteiger charge is -2.22. The summed E-state index contributed by atoms with van der Waals surface area (Å²) in [7, 11) is 0. The second-order valence-electron chi connectivity index (χ2n) is 4.59. The van der Waals surface area contributed by atoms with E-state index in [1.807, 2.05) is 12.1 Å². The Morgan fingerprint density at radius 1 is 1.35 bits per heavy atom. The Balaban J connectivity index is 2.13. The molecule has 2 aromatic heterocycles. The zero-order chi connectivity index (χ0) is 11.8. The Bertz CT molecular complexity index is 530. The van der Waals surface area contributed by atoms with E-state index in [2.05, 4.69) is 21.5 Å². The third kappa shape index (κ3) is 1.74. The van der Waals surface area contributed by atoms with Crippen molar-refractivity contribution in [3.05, 3.63) is 36.0 Å². The molecule has 4 nitrogen and oxygen atoms in total. The van der Waals surface area contributed by atoms with Crippen LogP contribution >= 0.6 is 0 Å². The Morgan fingerprint density at radius 2 is 2.12 bits per heavy atom. The number of pyridine rings is 1. The lowest BCUT2D eigenvalue weighted by Crippen LogP contribution is -2.31. The predicted molar refractivity (Wildman–Crippen MR) is 66.5 cm³/mol. The van der Waals surface area contributed by atoms with Gasteiger partial charge in [-0.05, 0) is 25.5 Å². The average Bonchev–Trinajstić information content (AvgIpc) is 2.67. The predicted octanol–water partition coefficient (Wildman–Crippen LogP) is 1.53. The molecule has 0 bridgehead atoms. The second-order valence-corrected chi connectivity index (χ2v) is 4.59. The maximum absolute atomic E-state index is 6.05. The number of nitrogens with two attached hydrogens (primary N) is 1. The van der Waals surface area contributed by atoms with Crippen LogP contribution in [-0.2, 0) is 13.0 Å². The average molecular weight is 228 g/mol. The van der Waals surface area contributed by atoms with E-state index in [1.165, 1.54) is 5.69 Å². The van der Waals surface area contributed by atoms with E-state index < -0.39 is 0 Å². The fourth-order valence-corrected chi connectivity index (χ4v) is 2.50. The van der Waals surface area contributed by atoms with Crippen LogP contribution in [0.5, 0.6) is 0 Å². The van der Waals surface area contributed by atoms with Gasteiger partial charge in [0, 0.05) is 42.7 Å². The van der Waals surface area contributed by atoms with Crippen molar-refractivity contribution in [2.24, 2.45) is 5.73 Å². The van der Waals surface area contributed by atoms with Gasteiger partial charge in [0.1, 0.15) is 5.82 Å². The van der Waals surface area contributed by atoms with E-state index >= 15 is 0 Å². The Hall–Kier alpha value is -1.68. The zero-order valence-corrected chi connectivity index (χ0v) is 9.93. The van der Waals surface area contributed by atoms with E-state index in [0.29, 0.717) is 0 Å². The molecule has 0 saturated carbocycles. The van der Waals surface area contributed by atoms with Crippen molar-refractivity contribution in [1.29, 1.82) is 0 Å². The molecule has 88 valence electrons. The van der Waals surface area contributed by atoms with Crippen LogP contribution in [0.2, 0.25) is 0 Å². The molecule has 1 aliphatic heterocycles. The lowest BCUT2D eigenvalue weighted by atomic mass is 10.0. The third-order valence-corrected chi connectivity index (χ3v) is 3.40. The Labute approximate surface area is 101 Å². The van der Waals surface area contributed by atoms with Gasteiger partial charge in [-0.15, -0.1) is 0 Å². The molecule has 0 radical (unpaired) electrons. The topological polar surface area (TPSA) is 56.7 Å². The molecule has 3 rings (SSSR count). The highest BCUT2D eigenvalue weighted by Gasteiger charge is 2.22. The Kier molecular flexibility index (Phi) is 2.44. The van der Waals surface area contributed by atoms with Crippen molar-refractivity contribution in [2.45, 2.75) is 32.4 Å². The maximum Gasteiger partial charge on any atom is 0.106 e. The summed E-state index contributed by atoms with van der Waals surface area (Å²) in [5.74, 6) is 1.08. The quantitative estimate of drug-likeness (QED) is 0.805. The van der Waals surface area contributed by atoms with Gasteiger partial charge in [-0.3, -0.25) is 4.98 Å². The molecule has 17 heavy (non-hydrogen) atoms.